The lowest BCUT2D eigenvalue weighted by Gasteiger charge is -2.19. The molecule has 3 aromatic rings. The Bertz CT molecular complexity index is 1230. The van der Waals surface area contributed by atoms with Crippen LogP contribution in [-0.2, 0) is 17.9 Å². The summed E-state index contributed by atoms with van der Waals surface area (Å²) in [5.74, 6) is -0.239. The Balaban J connectivity index is 1.91. The van der Waals surface area contributed by atoms with Crippen LogP contribution < -0.4 is 11.0 Å². The van der Waals surface area contributed by atoms with Gasteiger partial charge in [0.2, 0.25) is 5.91 Å². The molecule has 1 aromatic heterocycles. The molecule has 0 aliphatic carbocycles. The molecule has 0 saturated carbocycles. The first-order valence-corrected chi connectivity index (χ1v) is 12.4. The highest BCUT2D eigenvalue weighted by molar-refractivity contribution is 7.98. The second-order valence-corrected chi connectivity index (χ2v) is 9.29. The highest BCUT2D eigenvalue weighted by Crippen LogP contribution is 2.26. The van der Waals surface area contributed by atoms with Gasteiger partial charge in [-0.15, -0.1) is 5.10 Å². The van der Waals surface area contributed by atoms with Gasteiger partial charge in [0.25, 0.3) is 0 Å². The van der Waals surface area contributed by atoms with Crippen molar-refractivity contribution in [1.82, 2.24) is 19.7 Å². The summed E-state index contributed by atoms with van der Waals surface area (Å²) in [6.45, 7) is -1.64. The van der Waals surface area contributed by atoms with E-state index in [2.05, 4.69) is 10.4 Å². The van der Waals surface area contributed by atoms with Crippen molar-refractivity contribution >= 4 is 40.9 Å². The number of thioether (sulfide) groups is 1. The third kappa shape index (κ3) is 6.81. The molecule has 0 bridgehead atoms. The second kappa shape index (κ2) is 11.5. The quantitative estimate of drug-likeness (QED) is 0.419. The topological polar surface area (TPSA) is 89.2 Å². The molecule has 2 unspecified atom stereocenters. The second-order valence-electron chi connectivity index (χ2n) is 7.54. The Morgan fingerprint density at radius 1 is 1.17 bits per heavy atom. The SMILES string of the molecule is CSCC(NC(=O)Cn1nc(-c2ccc(Cl)cc2)n(CC(O)C(F)(F)F)c1=O)c1ccccc1Cl. The van der Waals surface area contributed by atoms with Gasteiger partial charge in [-0.25, -0.2) is 9.48 Å². The van der Waals surface area contributed by atoms with Gasteiger partial charge in [0.1, 0.15) is 6.54 Å². The minimum Gasteiger partial charge on any atom is -0.382 e. The molecule has 2 atom stereocenters. The van der Waals surface area contributed by atoms with Crippen LogP contribution in [0.3, 0.4) is 0 Å². The van der Waals surface area contributed by atoms with Crippen molar-refractivity contribution in [2.24, 2.45) is 0 Å². The van der Waals surface area contributed by atoms with Crippen molar-refractivity contribution in [2.75, 3.05) is 12.0 Å². The Morgan fingerprint density at radius 3 is 2.43 bits per heavy atom. The lowest BCUT2D eigenvalue weighted by atomic mass is 10.1. The number of rotatable bonds is 9. The normalized spacial score (nSPS) is 13.5. The molecular formula is C22H21Cl2F3N4O3S. The number of hydrogen-bond donors (Lipinski definition) is 2. The lowest BCUT2D eigenvalue weighted by Crippen LogP contribution is -2.39. The summed E-state index contributed by atoms with van der Waals surface area (Å²) in [6, 6.07) is 12.4. The van der Waals surface area contributed by atoms with Gasteiger partial charge in [-0.3, -0.25) is 9.36 Å². The van der Waals surface area contributed by atoms with Crippen LogP contribution in [0.4, 0.5) is 13.2 Å². The van der Waals surface area contributed by atoms with Gasteiger partial charge in [-0.1, -0.05) is 41.4 Å². The summed E-state index contributed by atoms with van der Waals surface area (Å²) in [6.07, 6.45) is -5.90. The first kappa shape index (κ1) is 27.1. The molecule has 0 spiro atoms. The number of nitrogens with one attached hydrogen (secondary N) is 1. The molecule has 2 aromatic carbocycles. The molecule has 0 radical (unpaired) electrons. The maximum Gasteiger partial charge on any atom is 0.416 e. The number of nitrogens with zero attached hydrogens (tertiary/aromatic N) is 3. The summed E-state index contributed by atoms with van der Waals surface area (Å²) >= 11 is 13.6. The highest BCUT2D eigenvalue weighted by Gasteiger charge is 2.39. The van der Waals surface area contributed by atoms with E-state index in [1.807, 2.05) is 6.26 Å². The monoisotopic (exact) mass is 548 g/mol. The molecule has 3 rings (SSSR count). The molecule has 2 N–H and O–H groups in total. The van der Waals surface area contributed by atoms with Crippen LogP contribution in [-0.4, -0.2) is 49.7 Å². The largest absolute Gasteiger partial charge is 0.416 e. The number of halogens is 5. The van der Waals surface area contributed by atoms with Crippen molar-refractivity contribution in [3.8, 4) is 11.4 Å². The van der Waals surface area contributed by atoms with Gasteiger partial charge in [-0.2, -0.15) is 24.9 Å². The van der Waals surface area contributed by atoms with Crippen LogP contribution in [0.2, 0.25) is 10.0 Å². The highest BCUT2D eigenvalue weighted by atomic mass is 35.5. The maximum atomic E-state index is 13.0. The zero-order chi connectivity index (χ0) is 25.8. The Morgan fingerprint density at radius 2 is 1.83 bits per heavy atom. The first-order chi connectivity index (χ1) is 16.5. The number of carbonyl (C=O) groups is 1. The molecule has 0 saturated heterocycles. The first-order valence-electron chi connectivity index (χ1n) is 10.2. The van der Waals surface area contributed by atoms with E-state index in [1.165, 1.54) is 36.0 Å². The molecule has 7 nitrogen and oxygen atoms in total. The predicted molar refractivity (Wildman–Crippen MR) is 130 cm³/mol. The van der Waals surface area contributed by atoms with Gasteiger partial charge >= 0.3 is 11.9 Å². The summed E-state index contributed by atoms with van der Waals surface area (Å²) < 4.78 is 40.4. The summed E-state index contributed by atoms with van der Waals surface area (Å²) in [4.78, 5) is 25.7. The van der Waals surface area contributed by atoms with Crippen LogP contribution in [0.5, 0.6) is 0 Å². The van der Waals surface area contributed by atoms with E-state index in [-0.39, 0.29) is 11.4 Å². The molecule has 0 fully saturated rings. The number of carbonyl (C=O) groups excluding carboxylic acids is 1. The Labute approximate surface area is 212 Å². The molecule has 13 heteroatoms. The summed E-state index contributed by atoms with van der Waals surface area (Å²) in [5.41, 5.74) is -0.00573. The van der Waals surface area contributed by atoms with Gasteiger partial charge in [0.15, 0.2) is 11.9 Å². The molecule has 188 valence electrons. The number of aromatic nitrogens is 3. The van der Waals surface area contributed by atoms with Gasteiger partial charge in [-0.05, 0) is 42.2 Å². The van der Waals surface area contributed by atoms with Gasteiger partial charge in [0.05, 0.1) is 12.6 Å². The third-order valence-electron chi connectivity index (χ3n) is 5.00. The van der Waals surface area contributed by atoms with E-state index < -0.39 is 43.0 Å². The maximum absolute atomic E-state index is 13.0. The number of aliphatic hydroxyl groups excluding tert-OH is 1. The van der Waals surface area contributed by atoms with E-state index in [0.29, 0.717) is 25.9 Å². The zero-order valence-corrected chi connectivity index (χ0v) is 20.6. The number of hydrogen-bond acceptors (Lipinski definition) is 5. The summed E-state index contributed by atoms with van der Waals surface area (Å²) in [5, 5.41) is 17.3. The minimum absolute atomic E-state index is 0.144. The van der Waals surface area contributed by atoms with E-state index in [9.17, 15) is 27.9 Å². The van der Waals surface area contributed by atoms with Crippen LogP contribution >= 0.6 is 35.0 Å². The smallest absolute Gasteiger partial charge is 0.382 e. The fraction of sp³-hybridized carbons (Fsp3) is 0.318. The molecule has 1 amide bonds. The fourth-order valence-electron chi connectivity index (χ4n) is 3.31. The fourth-order valence-corrected chi connectivity index (χ4v) is 4.30. The number of benzene rings is 2. The predicted octanol–water partition coefficient (Wildman–Crippen LogP) is 4.16. The van der Waals surface area contributed by atoms with Crippen molar-refractivity contribution in [2.45, 2.75) is 31.4 Å². The van der Waals surface area contributed by atoms with Crippen LogP contribution in [0, 0.1) is 0 Å². The van der Waals surface area contributed by atoms with Crippen molar-refractivity contribution in [3.05, 3.63) is 74.6 Å². The van der Waals surface area contributed by atoms with E-state index in [1.54, 1.807) is 24.3 Å². The lowest BCUT2D eigenvalue weighted by molar-refractivity contribution is -0.207. The van der Waals surface area contributed by atoms with Crippen molar-refractivity contribution < 1.29 is 23.1 Å². The van der Waals surface area contributed by atoms with E-state index >= 15 is 0 Å². The van der Waals surface area contributed by atoms with Gasteiger partial charge in [0, 0.05) is 21.4 Å². The van der Waals surface area contributed by atoms with Crippen LogP contribution in [0.15, 0.2) is 53.3 Å². The number of aliphatic hydroxyl groups is 1. The zero-order valence-electron chi connectivity index (χ0n) is 18.3. The Hall–Kier alpha value is -2.47. The van der Waals surface area contributed by atoms with Crippen molar-refractivity contribution in [1.29, 1.82) is 0 Å². The molecular weight excluding hydrogens is 528 g/mol. The minimum atomic E-state index is -4.95. The molecule has 0 aliphatic rings. The third-order valence-corrected chi connectivity index (χ3v) is 6.26. The number of amides is 1. The van der Waals surface area contributed by atoms with E-state index in [0.717, 1.165) is 4.68 Å². The standard InChI is InChI=1S/C22H21Cl2F3N4O3S/c1-35-12-17(15-4-2-3-5-16(15)24)28-19(33)11-31-21(34)30(10-18(32)22(25,26)27)20(29-31)13-6-8-14(23)9-7-13/h2-9,17-18,32H,10-12H2,1H3,(H,28,33). The van der Waals surface area contributed by atoms with Crippen LogP contribution in [0.1, 0.15) is 11.6 Å². The average Bonchev–Trinajstić information content (AvgIpc) is 3.09. The average molecular weight is 549 g/mol. The van der Waals surface area contributed by atoms with Crippen molar-refractivity contribution in [3.63, 3.8) is 0 Å². The Kier molecular flexibility index (Phi) is 8.92. The molecule has 35 heavy (non-hydrogen) atoms. The summed E-state index contributed by atoms with van der Waals surface area (Å²) in [7, 11) is 0. The molecule has 0 aliphatic heterocycles. The number of alkyl halides is 3. The van der Waals surface area contributed by atoms with Crippen LogP contribution in [0.25, 0.3) is 11.4 Å². The van der Waals surface area contributed by atoms with E-state index in [4.69, 9.17) is 23.2 Å². The molecule has 1 heterocycles. The van der Waals surface area contributed by atoms with Gasteiger partial charge < -0.3 is 10.4 Å².